The number of carbonyl (C=O) groups excluding carboxylic acids is 1. The number of urea groups is 1. The highest BCUT2D eigenvalue weighted by atomic mass is 16.3. The molecule has 4 aromatic rings. The number of aryl methyl sites for hydroxylation is 1. The number of aliphatic hydroxyl groups excluding tert-OH is 1. The standard InChI is InChI=1S/C27H30N6O2/c1-19-16-28-26-24(19)25(29-18-30-26)21-6-10-23(11-7-21)33(15-14-32-12-2-3-13-32)27(35)31-22-8-4-20(17-34)5-9-22/h4-11,16,18,34H,2-3,12-15,17H2,1H3,(H,31,35)(H,28,29,30). The number of nitrogens with zero attached hydrogens (tertiary/aromatic N) is 4. The van der Waals surface area contributed by atoms with Crippen molar-refractivity contribution in [3.63, 3.8) is 0 Å². The SMILES string of the molecule is Cc1c[nH]c2ncnc(-c3ccc(N(CCN4CCCC4)C(=O)Nc4ccc(CO)cc4)cc3)c12. The second-order valence-corrected chi connectivity index (χ2v) is 8.95. The largest absolute Gasteiger partial charge is 0.392 e. The third-order valence-corrected chi connectivity index (χ3v) is 6.59. The van der Waals surface area contributed by atoms with Crippen molar-refractivity contribution in [3.8, 4) is 11.3 Å². The smallest absolute Gasteiger partial charge is 0.326 e. The van der Waals surface area contributed by atoms with Crippen molar-refractivity contribution < 1.29 is 9.90 Å². The molecule has 0 unspecified atom stereocenters. The van der Waals surface area contributed by atoms with E-state index in [9.17, 15) is 9.90 Å². The number of nitrogens with one attached hydrogen (secondary N) is 2. The fourth-order valence-corrected chi connectivity index (χ4v) is 4.62. The van der Waals surface area contributed by atoms with Gasteiger partial charge >= 0.3 is 6.03 Å². The molecule has 8 nitrogen and oxygen atoms in total. The molecule has 8 heteroatoms. The van der Waals surface area contributed by atoms with Crippen LogP contribution in [0.2, 0.25) is 0 Å². The Labute approximate surface area is 204 Å². The van der Waals surface area contributed by atoms with Crippen LogP contribution in [0, 0.1) is 6.92 Å². The molecule has 3 N–H and O–H groups in total. The molecule has 0 saturated carbocycles. The van der Waals surface area contributed by atoms with Gasteiger partial charge in [0.25, 0.3) is 0 Å². The van der Waals surface area contributed by atoms with Crippen molar-refractivity contribution in [2.75, 3.05) is 36.4 Å². The lowest BCUT2D eigenvalue weighted by Crippen LogP contribution is -2.40. The lowest BCUT2D eigenvalue weighted by atomic mass is 10.1. The van der Waals surface area contributed by atoms with Crippen LogP contribution in [0.5, 0.6) is 0 Å². The molecule has 0 aliphatic carbocycles. The average Bonchev–Trinajstić information content (AvgIpc) is 3.55. The molecule has 3 heterocycles. The van der Waals surface area contributed by atoms with E-state index < -0.39 is 0 Å². The van der Waals surface area contributed by atoms with E-state index >= 15 is 0 Å². The van der Waals surface area contributed by atoms with Gasteiger partial charge in [0.2, 0.25) is 0 Å². The zero-order valence-electron chi connectivity index (χ0n) is 19.9. The number of aromatic amines is 1. The van der Waals surface area contributed by atoms with E-state index in [0.29, 0.717) is 12.2 Å². The second-order valence-electron chi connectivity index (χ2n) is 8.95. The van der Waals surface area contributed by atoms with Gasteiger partial charge in [0, 0.05) is 41.6 Å². The summed E-state index contributed by atoms with van der Waals surface area (Å²) in [4.78, 5) is 29.6. The van der Waals surface area contributed by atoms with Gasteiger partial charge in [-0.1, -0.05) is 24.3 Å². The molecule has 1 aliphatic heterocycles. The lowest BCUT2D eigenvalue weighted by molar-refractivity contribution is 0.255. The topological polar surface area (TPSA) is 97.4 Å². The van der Waals surface area contributed by atoms with Gasteiger partial charge in [-0.2, -0.15) is 0 Å². The summed E-state index contributed by atoms with van der Waals surface area (Å²) in [6.45, 7) is 5.59. The van der Waals surface area contributed by atoms with E-state index in [0.717, 1.165) is 58.7 Å². The van der Waals surface area contributed by atoms with Gasteiger partial charge in [0.15, 0.2) is 0 Å². The van der Waals surface area contributed by atoms with Gasteiger partial charge in [0.1, 0.15) is 12.0 Å². The van der Waals surface area contributed by atoms with Gasteiger partial charge in [-0.3, -0.25) is 4.90 Å². The first-order valence-electron chi connectivity index (χ1n) is 12.0. The van der Waals surface area contributed by atoms with Crippen LogP contribution in [0.1, 0.15) is 24.0 Å². The van der Waals surface area contributed by atoms with Crippen LogP contribution in [-0.4, -0.2) is 57.2 Å². The maximum absolute atomic E-state index is 13.3. The summed E-state index contributed by atoms with van der Waals surface area (Å²) in [5, 5.41) is 13.3. The summed E-state index contributed by atoms with van der Waals surface area (Å²) in [6.07, 6.45) is 5.93. The Hall–Kier alpha value is -3.75. The molecule has 1 saturated heterocycles. The normalized spacial score (nSPS) is 13.9. The maximum Gasteiger partial charge on any atom is 0.326 e. The molecule has 5 rings (SSSR count). The number of benzene rings is 2. The molecule has 0 atom stereocenters. The van der Waals surface area contributed by atoms with E-state index in [1.165, 1.54) is 12.8 Å². The predicted molar refractivity (Wildman–Crippen MR) is 138 cm³/mol. The monoisotopic (exact) mass is 470 g/mol. The van der Waals surface area contributed by atoms with Crippen LogP contribution in [0.3, 0.4) is 0 Å². The Morgan fingerprint density at radius 1 is 1.09 bits per heavy atom. The summed E-state index contributed by atoms with van der Waals surface area (Å²) < 4.78 is 0. The van der Waals surface area contributed by atoms with Crippen molar-refractivity contribution in [1.29, 1.82) is 0 Å². The quantitative estimate of drug-likeness (QED) is 0.368. The van der Waals surface area contributed by atoms with Gasteiger partial charge < -0.3 is 20.3 Å². The van der Waals surface area contributed by atoms with E-state index in [1.807, 2.05) is 61.7 Å². The molecule has 1 fully saturated rings. The van der Waals surface area contributed by atoms with Crippen molar-refractivity contribution in [1.82, 2.24) is 19.9 Å². The minimum absolute atomic E-state index is 0.0244. The number of H-pyrrole nitrogens is 1. The highest BCUT2D eigenvalue weighted by molar-refractivity contribution is 6.02. The molecule has 180 valence electrons. The zero-order chi connectivity index (χ0) is 24.2. The molecule has 2 amide bonds. The summed E-state index contributed by atoms with van der Waals surface area (Å²) in [6, 6.07) is 15.0. The summed E-state index contributed by atoms with van der Waals surface area (Å²) in [5.41, 5.74) is 6.09. The third kappa shape index (κ3) is 5.03. The summed E-state index contributed by atoms with van der Waals surface area (Å²) in [5.74, 6) is 0. The number of likely N-dealkylation sites (tertiary alicyclic amines) is 1. The fourth-order valence-electron chi connectivity index (χ4n) is 4.62. The van der Waals surface area contributed by atoms with Gasteiger partial charge in [-0.05, 0) is 68.2 Å². The minimum Gasteiger partial charge on any atom is -0.392 e. The minimum atomic E-state index is -0.181. The number of hydrogen-bond donors (Lipinski definition) is 3. The number of fused-ring (bicyclic) bond motifs is 1. The van der Waals surface area contributed by atoms with E-state index in [2.05, 4.69) is 25.2 Å². The molecular formula is C27H30N6O2. The van der Waals surface area contributed by atoms with E-state index in [4.69, 9.17) is 0 Å². The van der Waals surface area contributed by atoms with Crippen LogP contribution < -0.4 is 10.2 Å². The Morgan fingerprint density at radius 2 is 1.83 bits per heavy atom. The lowest BCUT2D eigenvalue weighted by Gasteiger charge is -2.26. The van der Waals surface area contributed by atoms with Crippen LogP contribution in [0.4, 0.5) is 16.2 Å². The molecule has 1 aliphatic rings. The average molecular weight is 471 g/mol. The first-order valence-corrected chi connectivity index (χ1v) is 12.0. The van der Waals surface area contributed by atoms with Crippen LogP contribution in [-0.2, 0) is 6.61 Å². The van der Waals surface area contributed by atoms with Gasteiger partial charge in [-0.25, -0.2) is 14.8 Å². The maximum atomic E-state index is 13.3. The van der Waals surface area contributed by atoms with E-state index in [1.54, 1.807) is 11.2 Å². The van der Waals surface area contributed by atoms with Crippen molar-refractivity contribution >= 4 is 28.4 Å². The Balaban J connectivity index is 1.39. The van der Waals surface area contributed by atoms with Crippen molar-refractivity contribution in [2.45, 2.75) is 26.4 Å². The second kappa shape index (κ2) is 10.2. The highest BCUT2D eigenvalue weighted by Crippen LogP contribution is 2.29. The van der Waals surface area contributed by atoms with Crippen LogP contribution >= 0.6 is 0 Å². The number of aliphatic hydroxyl groups is 1. The molecule has 2 aromatic carbocycles. The fraction of sp³-hybridized carbons (Fsp3) is 0.296. The molecule has 0 spiro atoms. The number of anilines is 2. The number of carbonyl (C=O) groups is 1. The first kappa shape index (κ1) is 23.0. The van der Waals surface area contributed by atoms with Crippen molar-refractivity contribution in [3.05, 3.63) is 72.2 Å². The summed E-state index contributed by atoms with van der Waals surface area (Å²) in [7, 11) is 0. The predicted octanol–water partition coefficient (Wildman–Crippen LogP) is 4.56. The zero-order valence-corrected chi connectivity index (χ0v) is 19.9. The molecule has 0 radical (unpaired) electrons. The number of amides is 2. The van der Waals surface area contributed by atoms with Gasteiger partial charge in [0.05, 0.1) is 12.3 Å². The van der Waals surface area contributed by atoms with Crippen molar-refractivity contribution in [2.24, 2.45) is 0 Å². The van der Waals surface area contributed by atoms with Gasteiger partial charge in [-0.15, -0.1) is 0 Å². The number of aromatic nitrogens is 3. The number of hydrogen-bond acceptors (Lipinski definition) is 5. The van der Waals surface area contributed by atoms with Crippen LogP contribution in [0.15, 0.2) is 61.1 Å². The molecule has 35 heavy (non-hydrogen) atoms. The molecule has 2 aromatic heterocycles. The third-order valence-electron chi connectivity index (χ3n) is 6.59. The summed E-state index contributed by atoms with van der Waals surface area (Å²) >= 11 is 0. The molecule has 0 bridgehead atoms. The first-order chi connectivity index (χ1) is 17.1. The number of rotatable bonds is 7. The highest BCUT2D eigenvalue weighted by Gasteiger charge is 2.20. The Morgan fingerprint density at radius 3 is 2.54 bits per heavy atom. The Kier molecular flexibility index (Phi) is 6.74. The Bertz CT molecular complexity index is 1290. The van der Waals surface area contributed by atoms with Crippen LogP contribution in [0.25, 0.3) is 22.3 Å². The molecular weight excluding hydrogens is 440 g/mol. The van der Waals surface area contributed by atoms with E-state index in [-0.39, 0.29) is 12.6 Å².